The molecule has 20 heavy (non-hydrogen) atoms. The highest BCUT2D eigenvalue weighted by Crippen LogP contribution is 2.21. The SMILES string of the molecule is CCOC(=O)C(CSCc1cccc(C)c1)NC1CC1. The lowest BCUT2D eigenvalue weighted by atomic mass is 10.2. The average molecular weight is 293 g/mol. The summed E-state index contributed by atoms with van der Waals surface area (Å²) < 4.78 is 5.14. The zero-order valence-corrected chi connectivity index (χ0v) is 13.0. The van der Waals surface area contributed by atoms with E-state index in [2.05, 4.69) is 36.5 Å². The number of ether oxygens (including phenoxy) is 1. The summed E-state index contributed by atoms with van der Waals surface area (Å²) in [6.07, 6.45) is 2.36. The number of hydrogen-bond donors (Lipinski definition) is 1. The van der Waals surface area contributed by atoms with Crippen LogP contribution in [-0.4, -0.2) is 30.4 Å². The number of carbonyl (C=O) groups is 1. The number of benzene rings is 1. The smallest absolute Gasteiger partial charge is 0.323 e. The average Bonchev–Trinajstić information content (AvgIpc) is 3.22. The number of rotatable bonds is 8. The van der Waals surface area contributed by atoms with Crippen LogP contribution in [0.2, 0.25) is 0 Å². The van der Waals surface area contributed by atoms with Gasteiger partial charge in [-0.15, -0.1) is 0 Å². The maximum absolute atomic E-state index is 11.9. The Morgan fingerprint density at radius 2 is 2.30 bits per heavy atom. The van der Waals surface area contributed by atoms with Crippen LogP contribution in [0.3, 0.4) is 0 Å². The molecule has 3 nitrogen and oxygen atoms in total. The lowest BCUT2D eigenvalue weighted by Crippen LogP contribution is -2.41. The Bertz CT molecular complexity index is 446. The van der Waals surface area contributed by atoms with E-state index in [1.54, 1.807) is 11.8 Å². The summed E-state index contributed by atoms with van der Waals surface area (Å²) in [5, 5.41) is 3.38. The summed E-state index contributed by atoms with van der Waals surface area (Å²) in [4.78, 5) is 11.9. The third kappa shape index (κ3) is 5.17. The van der Waals surface area contributed by atoms with Gasteiger partial charge >= 0.3 is 5.97 Å². The van der Waals surface area contributed by atoms with Gasteiger partial charge in [-0.05, 0) is 32.3 Å². The van der Waals surface area contributed by atoms with Crippen LogP contribution in [-0.2, 0) is 15.3 Å². The second kappa shape index (κ2) is 7.70. The van der Waals surface area contributed by atoms with E-state index in [1.807, 2.05) is 6.92 Å². The molecule has 0 bridgehead atoms. The Labute approximate surface area is 125 Å². The van der Waals surface area contributed by atoms with Crippen molar-refractivity contribution in [1.29, 1.82) is 0 Å². The van der Waals surface area contributed by atoms with Crippen molar-refractivity contribution in [1.82, 2.24) is 5.32 Å². The zero-order valence-electron chi connectivity index (χ0n) is 12.2. The topological polar surface area (TPSA) is 38.3 Å². The highest BCUT2D eigenvalue weighted by Gasteiger charge is 2.28. The molecule has 2 rings (SSSR count). The molecule has 1 fully saturated rings. The van der Waals surface area contributed by atoms with Gasteiger partial charge in [0, 0.05) is 17.5 Å². The van der Waals surface area contributed by atoms with E-state index in [1.165, 1.54) is 24.0 Å². The van der Waals surface area contributed by atoms with Crippen molar-refractivity contribution in [2.45, 2.75) is 44.5 Å². The molecule has 4 heteroatoms. The largest absolute Gasteiger partial charge is 0.465 e. The molecular weight excluding hydrogens is 270 g/mol. The maximum Gasteiger partial charge on any atom is 0.323 e. The van der Waals surface area contributed by atoms with Crippen LogP contribution < -0.4 is 5.32 Å². The van der Waals surface area contributed by atoms with E-state index >= 15 is 0 Å². The molecule has 0 spiro atoms. The highest BCUT2D eigenvalue weighted by atomic mass is 32.2. The fourth-order valence-electron chi connectivity index (χ4n) is 2.06. The van der Waals surface area contributed by atoms with Crippen molar-refractivity contribution in [3.63, 3.8) is 0 Å². The van der Waals surface area contributed by atoms with Gasteiger partial charge in [0.05, 0.1) is 6.61 Å². The highest BCUT2D eigenvalue weighted by molar-refractivity contribution is 7.98. The predicted octanol–water partition coefficient (Wildman–Crippen LogP) is 2.91. The van der Waals surface area contributed by atoms with E-state index in [9.17, 15) is 4.79 Å². The van der Waals surface area contributed by atoms with Gasteiger partial charge < -0.3 is 10.1 Å². The van der Waals surface area contributed by atoms with Gasteiger partial charge in [0.25, 0.3) is 0 Å². The van der Waals surface area contributed by atoms with Crippen LogP contribution >= 0.6 is 11.8 Å². The number of nitrogens with one attached hydrogen (secondary N) is 1. The van der Waals surface area contributed by atoms with E-state index in [4.69, 9.17) is 4.74 Å². The first-order chi connectivity index (χ1) is 9.69. The summed E-state index contributed by atoms with van der Waals surface area (Å²) >= 11 is 1.78. The van der Waals surface area contributed by atoms with Crippen LogP contribution in [0.5, 0.6) is 0 Å². The Balaban J connectivity index is 1.79. The fraction of sp³-hybridized carbons (Fsp3) is 0.562. The Hall–Kier alpha value is -1.00. The lowest BCUT2D eigenvalue weighted by molar-refractivity contribution is -0.145. The summed E-state index contributed by atoms with van der Waals surface area (Å²) in [6, 6.07) is 8.86. The monoisotopic (exact) mass is 293 g/mol. The van der Waals surface area contributed by atoms with Crippen molar-refractivity contribution in [3.8, 4) is 0 Å². The minimum absolute atomic E-state index is 0.115. The van der Waals surface area contributed by atoms with Gasteiger partial charge in [-0.3, -0.25) is 4.79 Å². The molecule has 0 radical (unpaired) electrons. The van der Waals surface area contributed by atoms with Crippen molar-refractivity contribution < 1.29 is 9.53 Å². The van der Waals surface area contributed by atoms with Crippen LogP contribution in [0.25, 0.3) is 0 Å². The van der Waals surface area contributed by atoms with Gasteiger partial charge in [-0.1, -0.05) is 29.8 Å². The quantitative estimate of drug-likeness (QED) is 0.748. The number of esters is 1. The van der Waals surface area contributed by atoms with E-state index in [0.717, 1.165) is 11.5 Å². The van der Waals surface area contributed by atoms with Crippen molar-refractivity contribution >= 4 is 17.7 Å². The minimum atomic E-state index is -0.169. The van der Waals surface area contributed by atoms with Crippen molar-refractivity contribution in [2.75, 3.05) is 12.4 Å². The van der Waals surface area contributed by atoms with Gasteiger partial charge in [0.2, 0.25) is 0 Å². The standard InChI is InChI=1S/C16H23NO2S/c1-3-19-16(18)15(17-14-7-8-14)11-20-10-13-6-4-5-12(2)9-13/h4-6,9,14-15,17H,3,7-8,10-11H2,1-2H3. The molecule has 1 aromatic rings. The molecule has 1 saturated carbocycles. The number of aryl methyl sites for hydroxylation is 1. The molecule has 110 valence electrons. The first kappa shape index (κ1) is 15.4. The minimum Gasteiger partial charge on any atom is -0.465 e. The van der Waals surface area contributed by atoms with Gasteiger partial charge in [0.1, 0.15) is 6.04 Å². The Morgan fingerprint density at radius 3 is 2.95 bits per heavy atom. The summed E-state index contributed by atoms with van der Waals surface area (Å²) in [7, 11) is 0. The molecule has 1 aliphatic carbocycles. The van der Waals surface area contributed by atoms with Crippen molar-refractivity contribution in [2.24, 2.45) is 0 Å². The van der Waals surface area contributed by atoms with Crippen LogP contribution in [0.15, 0.2) is 24.3 Å². The lowest BCUT2D eigenvalue weighted by Gasteiger charge is -2.16. The number of thioether (sulfide) groups is 1. The third-order valence-corrected chi connectivity index (χ3v) is 4.33. The molecule has 1 N–H and O–H groups in total. The number of hydrogen-bond acceptors (Lipinski definition) is 4. The van der Waals surface area contributed by atoms with E-state index in [0.29, 0.717) is 12.6 Å². The first-order valence-corrected chi connectivity index (χ1v) is 8.40. The normalized spacial score (nSPS) is 15.9. The Kier molecular flexibility index (Phi) is 5.92. The van der Waals surface area contributed by atoms with E-state index in [-0.39, 0.29) is 12.0 Å². The second-order valence-corrected chi connectivity index (χ2v) is 6.28. The zero-order chi connectivity index (χ0) is 14.4. The second-order valence-electron chi connectivity index (χ2n) is 5.25. The van der Waals surface area contributed by atoms with Gasteiger partial charge in [0.15, 0.2) is 0 Å². The molecule has 0 heterocycles. The predicted molar refractivity (Wildman–Crippen MR) is 83.9 cm³/mol. The molecule has 1 aromatic carbocycles. The Morgan fingerprint density at radius 1 is 1.50 bits per heavy atom. The fourth-order valence-corrected chi connectivity index (χ4v) is 3.06. The van der Waals surface area contributed by atoms with Gasteiger partial charge in [-0.2, -0.15) is 11.8 Å². The molecule has 1 aliphatic rings. The molecule has 0 amide bonds. The molecule has 0 aromatic heterocycles. The third-order valence-electron chi connectivity index (χ3n) is 3.22. The molecule has 0 aliphatic heterocycles. The van der Waals surface area contributed by atoms with E-state index < -0.39 is 0 Å². The maximum atomic E-state index is 11.9. The molecule has 1 atom stereocenters. The first-order valence-electron chi connectivity index (χ1n) is 7.25. The molecular formula is C16H23NO2S. The van der Waals surface area contributed by atoms with Crippen LogP contribution in [0.4, 0.5) is 0 Å². The summed E-state index contributed by atoms with van der Waals surface area (Å²) in [5.74, 6) is 1.59. The summed E-state index contributed by atoms with van der Waals surface area (Å²) in [5.41, 5.74) is 2.59. The molecule has 1 unspecified atom stereocenters. The van der Waals surface area contributed by atoms with Crippen molar-refractivity contribution in [3.05, 3.63) is 35.4 Å². The molecule has 0 saturated heterocycles. The van der Waals surface area contributed by atoms with Crippen LogP contribution in [0.1, 0.15) is 30.9 Å². The van der Waals surface area contributed by atoms with Crippen LogP contribution in [0, 0.1) is 6.92 Å². The summed E-state index contributed by atoms with van der Waals surface area (Å²) in [6.45, 7) is 4.40. The number of carbonyl (C=O) groups excluding carboxylic acids is 1. The van der Waals surface area contributed by atoms with Gasteiger partial charge in [-0.25, -0.2) is 0 Å².